The minimum absolute atomic E-state index is 0.0590. The first kappa shape index (κ1) is 29.0. The molecule has 0 atom stereocenters. The molecule has 44 heavy (non-hydrogen) atoms. The number of hydrogen-bond acceptors (Lipinski definition) is 10. The van der Waals surface area contributed by atoms with Gasteiger partial charge in [0.1, 0.15) is 31.4 Å². The lowest BCUT2D eigenvalue weighted by atomic mass is 10.0. The molecule has 0 fully saturated rings. The van der Waals surface area contributed by atoms with Gasteiger partial charge in [0, 0.05) is 15.3 Å². The number of rotatable bonds is 11. The molecule has 0 spiro atoms. The maximum atomic E-state index is 12.6. The van der Waals surface area contributed by atoms with Gasteiger partial charge in [0.2, 0.25) is 0 Å². The van der Waals surface area contributed by atoms with Crippen LogP contribution in [-0.4, -0.2) is 31.8 Å². The van der Waals surface area contributed by atoms with E-state index in [4.69, 9.17) is 28.9 Å². The van der Waals surface area contributed by atoms with Crippen LogP contribution >= 0.6 is 22.7 Å². The van der Waals surface area contributed by atoms with Crippen LogP contribution in [0.15, 0.2) is 112 Å². The molecule has 0 unspecified atom stereocenters. The Balaban J connectivity index is 1.38. The zero-order valence-corrected chi connectivity index (χ0v) is 25.3. The van der Waals surface area contributed by atoms with E-state index in [1.54, 1.807) is 53.9 Å². The molecule has 0 N–H and O–H groups in total. The molecule has 1 aliphatic rings. The number of para-hydroxylation sites is 1. The van der Waals surface area contributed by atoms with E-state index in [9.17, 15) is 9.59 Å². The van der Waals surface area contributed by atoms with Gasteiger partial charge in [-0.1, -0.05) is 36.9 Å². The van der Waals surface area contributed by atoms with Crippen molar-refractivity contribution in [1.82, 2.24) is 0 Å². The smallest absolute Gasteiger partial charge is 0.338 e. The van der Waals surface area contributed by atoms with E-state index in [-0.39, 0.29) is 18.8 Å². The Bertz CT molecular complexity index is 1940. The largest absolute Gasteiger partial charge is 0.459 e. The first-order valence-corrected chi connectivity index (χ1v) is 15.4. The molecular weight excluding hydrogens is 597 g/mol. The Hall–Kier alpha value is -5.06. The zero-order chi connectivity index (χ0) is 30.5. The highest BCUT2D eigenvalue weighted by atomic mass is 32.1. The Labute approximate surface area is 261 Å². The van der Waals surface area contributed by atoms with Crippen molar-refractivity contribution in [2.45, 2.75) is 6.92 Å². The second kappa shape index (κ2) is 13.1. The number of carbonyl (C=O) groups excluding carboxylic acids is 2. The Morgan fingerprint density at radius 1 is 0.727 bits per heavy atom. The van der Waals surface area contributed by atoms with Gasteiger partial charge in [0.05, 0.1) is 27.4 Å². The summed E-state index contributed by atoms with van der Waals surface area (Å²) in [6, 6.07) is 24.2. The van der Waals surface area contributed by atoms with Crippen molar-refractivity contribution in [2.75, 3.05) is 19.9 Å². The summed E-state index contributed by atoms with van der Waals surface area (Å²) in [5.41, 5.74) is 2.20. The molecule has 0 saturated carbocycles. The van der Waals surface area contributed by atoms with Crippen molar-refractivity contribution in [1.29, 1.82) is 0 Å². The van der Waals surface area contributed by atoms with Gasteiger partial charge >= 0.3 is 11.9 Å². The van der Waals surface area contributed by atoms with Crippen LogP contribution in [0.3, 0.4) is 0 Å². The lowest BCUT2D eigenvalue weighted by Gasteiger charge is -2.19. The number of ether oxygens (including phenoxy) is 4. The summed E-state index contributed by atoms with van der Waals surface area (Å²) in [5, 5.41) is 5.53. The van der Waals surface area contributed by atoms with Crippen molar-refractivity contribution >= 4 is 34.6 Å². The molecule has 8 nitrogen and oxygen atoms in total. The van der Waals surface area contributed by atoms with E-state index in [1.807, 2.05) is 65.4 Å². The second-order valence-corrected chi connectivity index (χ2v) is 11.5. The third-order valence-corrected chi connectivity index (χ3v) is 8.30. The highest BCUT2D eigenvalue weighted by Crippen LogP contribution is 2.47. The van der Waals surface area contributed by atoms with Gasteiger partial charge in [-0.05, 0) is 66.2 Å². The monoisotopic (exact) mass is 622 g/mol. The van der Waals surface area contributed by atoms with Gasteiger partial charge in [-0.3, -0.25) is 9.98 Å². The van der Waals surface area contributed by atoms with E-state index in [1.165, 1.54) is 0 Å². The molecule has 0 bridgehead atoms. The summed E-state index contributed by atoms with van der Waals surface area (Å²) in [5.74, 6) is 1.07. The van der Waals surface area contributed by atoms with Gasteiger partial charge in [0.15, 0.2) is 11.5 Å². The van der Waals surface area contributed by atoms with E-state index in [0.29, 0.717) is 35.2 Å². The van der Waals surface area contributed by atoms with Crippen LogP contribution in [0, 0.1) is 0 Å². The molecule has 1 aliphatic heterocycles. The van der Waals surface area contributed by atoms with Crippen LogP contribution in [0.5, 0.6) is 23.0 Å². The summed E-state index contributed by atoms with van der Waals surface area (Å²) in [6.45, 7) is 5.25. The number of fused-ring (bicyclic) bond motifs is 1. The summed E-state index contributed by atoms with van der Waals surface area (Å²) in [4.78, 5) is 35.6. The number of esters is 2. The molecule has 0 aliphatic carbocycles. The number of benzene rings is 3. The molecule has 10 heteroatoms. The first-order valence-electron chi connectivity index (χ1n) is 13.7. The Morgan fingerprint density at radius 2 is 1.27 bits per heavy atom. The fraction of sp³-hybridized carbons (Fsp3) is 0.118. The summed E-state index contributed by atoms with van der Waals surface area (Å²) >= 11 is 3.16. The molecule has 5 aromatic rings. The fourth-order valence-corrected chi connectivity index (χ4v) is 6.05. The van der Waals surface area contributed by atoms with Crippen LogP contribution in [-0.2, 0) is 14.3 Å². The van der Waals surface area contributed by atoms with Crippen molar-refractivity contribution in [3.63, 3.8) is 0 Å². The van der Waals surface area contributed by atoms with Gasteiger partial charge in [-0.15, -0.1) is 22.7 Å². The summed E-state index contributed by atoms with van der Waals surface area (Å²) < 4.78 is 23.5. The van der Waals surface area contributed by atoms with E-state index >= 15 is 0 Å². The third kappa shape index (κ3) is 6.17. The SMILES string of the molecule is C=C(C)C(=O)OCCOC(=O)c1ccc(Oc2c(Oc3ccccc3)c(-c3cccs3)c3c(c2-c2cccs2)=NCN=3)cc1. The fourth-order valence-electron chi connectivity index (χ4n) is 4.52. The standard InChI is InChI=1S/C34H26N2O6S2/c1-21(2)33(37)39-16-17-40-34(38)22-12-14-24(15-13-22)42-32-28(26-11-7-19-44-26)30-29(35-20-36-30)27(25-10-6-18-43-25)31(32)41-23-8-4-3-5-9-23/h3-15,18-19H,1,16-17,20H2,2H3. The predicted octanol–water partition coefficient (Wildman–Crippen LogP) is 7.21. The number of thiophene rings is 2. The van der Waals surface area contributed by atoms with Crippen molar-refractivity contribution in [3.8, 4) is 43.9 Å². The minimum atomic E-state index is -0.548. The molecule has 6 rings (SSSR count). The van der Waals surface area contributed by atoms with Crippen molar-refractivity contribution < 1.29 is 28.5 Å². The molecule has 0 amide bonds. The van der Waals surface area contributed by atoms with Crippen LogP contribution in [0.25, 0.3) is 20.9 Å². The summed E-state index contributed by atoms with van der Waals surface area (Å²) in [6.07, 6.45) is 0. The van der Waals surface area contributed by atoms with E-state index in [2.05, 4.69) is 6.58 Å². The average molecular weight is 623 g/mol. The van der Waals surface area contributed by atoms with Crippen LogP contribution in [0.4, 0.5) is 0 Å². The van der Waals surface area contributed by atoms with Crippen molar-refractivity contribution in [3.05, 3.63) is 118 Å². The predicted molar refractivity (Wildman–Crippen MR) is 169 cm³/mol. The summed E-state index contributed by atoms with van der Waals surface area (Å²) in [7, 11) is 0. The lowest BCUT2D eigenvalue weighted by molar-refractivity contribution is -0.140. The van der Waals surface area contributed by atoms with Gasteiger partial charge < -0.3 is 18.9 Å². The molecule has 0 radical (unpaired) electrons. The zero-order valence-electron chi connectivity index (χ0n) is 23.6. The Morgan fingerprint density at radius 3 is 1.80 bits per heavy atom. The average Bonchev–Trinajstić information content (AvgIpc) is 3.84. The molecule has 3 heterocycles. The molecular formula is C34H26N2O6S2. The molecule has 2 aromatic heterocycles. The number of hydrogen-bond donors (Lipinski definition) is 0. The van der Waals surface area contributed by atoms with Crippen LogP contribution < -0.4 is 20.2 Å². The molecule has 3 aromatic carbocycles. The normalized spacial score (nSPS) is 11.6. The topological polar surface area (TPSA) is 95.8 Å². The minimum Gasteiger partial charge on any atom is -0.459 e. The highest BCUT2D eigenvalue weighted by molar-refractivity contribution is 7.14. The molecule has 220 valence electrons. The van der Waals surface area contributed by atoms with Gasteiger partial charge in [-0.2, -0.15) is 0 Å². The van der Waals surface area contributed by atoms with Crippen LogP contribution in [0.1, 0.15) is 17.3 Å². The van der Waals surface area contributed by atoms with E-state index < -0.39 is 11.9 Å². The van der Waals surface area contributed by atoms with Gasteiger partial charge in [-0.25, -0.2) is 9.59 Å². The highest BCUT2D eigenvalue weighted by Gasteiger charge is 2.28. The third-order valence-electron chi connectivity index (χ3n) is 6.52. The van der Waals surface area contributed by atoms with Crippen LogP contribution in [0.2, 0.25) is 0 Å². The number of nitrogens with zero attached hydrogens (tertiary/aromatic N) is 2. The second-order valence-electron chi connectivity index (χ2n) is 9.61. The van der Waals surface area contributed by atoms with E-state index in [0.717, 1.165) is 31.6 Å². The number of carbonyl (C=O) groups is 2. The molecule has 0 saturated heterocycles. The lowest BCUT2D eigenvalue weighted by Crippen LogP contribution is -2.27. The van der Waals surface area contributed by atoms with Crippen molar-refractivity contribution in [2.24, 2.45) is 9.98 Å². The maximum absolute atomic E-state index is 12.6. The first-order chi connectivity index (χ1) is 21.5. The Kier molecular flexibility index (Phi) is 8.62. The quantitative estimate of drug-likeness (QED) is 0.0877. The van der Waals surface area contributed by atoms with Gasteiger partial charge in [0.25, 0.3) is 0 Å². The maximum Gasteiger partial charge on any atom is 0.338 e.